The average molecular weight is 354 g/mol. The lowest BCUT2D eigenvalue weighted by Gasteiger charge is -2.03. The van der Waals surface area contributed by atoms with E-state index in [1.807, 2.05) is 11.8 Å². The maximum absolute atomic E-state index is 8.74. The molecule has 0 saturated carbocycles. The lowest BCUT2D eigenvalue weighted by Crippen LogP contribution is -2.17. The monoisotopic (exact) mass is 353 g/mol. The third kappa shape index (κ3) is 19.8. The highest BCUT2D eigenvalue weighted by molar-refractivity contribution is 7.99. The van der Waals surface area contributed by atoms with Gasteiger partial charge in [-0.3, -0.25) is 9.11 Å². The minimum absolute atomic E-state index is 0.934. The van der Waals surface area contributed by atoms with E-state index in [0.717, 1.165) is 18.8 Å². The van der Waals surface area contributed by atoms with E-state index in [1.165, 1.54) is 29.9 Å². The van der Waals surface area contributed by atoms with Crippen LogP contribution in [0.3, 0.4) is 0 Å². The summed E-state index contributed by atoms with van der Waals surface area (Å²) in [5, 5.41) is 3.36. The largest absolute Gasteiger partial charge is 0.394 e. The van der Waals surface area contributed by atoms with Crippen LogP contribution in [-0.4, -0.2) is 42.1 Å². The third-order valence-electron chi connectivity index (χ3n) is 2.30. The molecule has 0 heterocycles. The normalized spacial score (nSPS) is 10.8. The van der Waals surface area contributed by atoms with Gasteiger partial charge in [0.2, 0.25) is 0 Å². The molecule has 1 aromatic carbocycles. The summed E-state index contributed by atoms with van der Waals surface area (Å²) in [5.74, 6) is 2.17. The van der Waals surface area contributed by atoms with E-state index in [9.17, 15) is 0 Å². The Morgan fingerprint density at radius 2 is 1.67 bits per heavy atom. The fraction of sp³-hybridized carbons (Fsp3) is 0.538. The highest BCUT2D eigenvalue weighted by atomic mass is 32.3. The predicted octanol–water partition coefficient (Wildman–Crippen LogP) is 2.82. The first kappa shape index (κ1) is 20.8. The SMILES string of the molecule is O=S(=O)(O)O.SCCNCCCCCSc1ccccc1. The third-order valence-corrected chi connectivity index (χ3v) is 3.62. The molecule has 0 aromatic heterocycles. The average Bonchev–Trinajstić information content (AvgIpc) is 2.41. The van der Waals surface area contributed by atoms with Crippen molar-refractivity contribution in [3.05, 3.63) is 30.3 Å². The first-order chi connectivity index (χ1) is 9.93. The zero-order chi connectivity index (χ0) is 16.0. The first-order valence-corrected chi connectivity index (χ1v) is 9.64. The molecule has 0 aliphatic heterocycles. The number of nitrogens with one attached hydrogen (secondary N) is 1. The topological polar surface area (TPSA) is 86.6 Å². The van der Waals surface area contributed by atoms with Crippen molar-refractivity contribution in [2.45, 2.75) is 24.2 Å². The van der Waals surface area contributed by atoms with Crippen LogP contribution in [0, 0.1) is 0 Å². The smallest absolute Gasteiger partial charge is 0.316 e. The van der Waals surface area contributed by atoms with Crippen LogP contribution in [0.5, 0.6) is 0 Å². The van der Waals surface area contributed by atoms with Gasteiger partial charge >= 0.3 is 10.4 Å². The van der Waals surface area contributed by atoms with E-state index in [4.69, 9.17) is 17.5 Å². The van der Waals surface area contributed by atoms with Crippen molar-refractivity contribution in [3.63, 3.8) is 0 Å². The summed E-state index contributed by atoms with van der Waals surface area (Å²) in [5.41, 5.74) is 0. The molecule has 0 bridgehead atoms. The van der Waals surface area contributed by atoms with Crippen molar-refractivity contribution in [1.82, 2.24) is 5.32 Å². The lowest BCUT2D eigenvalue weighted by atomic mass is 10.2. The number of hydrogen-bond acceptors (Lipinski definition) is 5. The molecule has 5 nitrogen and oxygen atoms in total. The molecule has 3 N–H and O–H groups in total. The highest BCUT2D eigenvalue weighted by Crippen LogP contribution is 2.18. The maximum atomic E-state index is 8.74. The summed E-state index contributed by atoms with van der Waals surface area (Å²) in [7, 11) is -4.67. The van der Waals surface area contributed by atoms with Gasteiger partial charge in [-0.05, 0) is 37.3 Å². The Morgan fingerprint density at radius 3 is 2.24 bits per heavy atom. The Bertz CT molecular complexity index is 432. The van der Waals surface area contributed by atoms with Crippen LogP contribution in [0.2, 0.25) is 0 Å². The van der Waals surface area contributed by atoms with E-state index >= 15 is 0 Å². The summed E-state index contributed by atoms with van der Waals surface area (Å²) >= 11 is 6.11. The second-order valence-electron chi connectivity index (χ2n) is 4.14. The van der Waals surface area contributed by atoms with Gasteiger partial charge < -0.3 is 5.32 Å². The Morgan fingerprint density at radius 1 is 1.05 bits per heavy atom. The van der Waals surface area contributed by atoms with E-state index in [2.05, 4.69) is 48.3 Å². The van der Waals surface area contributed by atoms with E-state index in [-0.39, 0.29) is 0 Å². The fourth-order valence-corrected chi connectivity index (χ4v) is 2.53. The molecule has 0 radical (unpaired) electrons. The minimum Gasteiger partial charge on any atom is -0.316 e. The Balaban J connectivity index is 0.000000690. The van der Waals surface area contributed by atoms with Crippen molar-refractivity contribution in [3.8, 4) is 0 Å². The molecule has 0 saturated heterocycles. The van der Waals surface area contributed by atoms with Crippen molar-refractivity contribution in [1.29, 1.82) is 0 Å². The van der Waals surface area contributed by atoms with Gasteiger partial charge in [-0.2, -0.15) is 21.0 Å². The van der Waals surface area contributed by atoms with Gasteiger partial charge in [0.25, 0.3) is 0 Å². The number of rotatable bonds is 9. The van der Waals surface area contributed by atoms with Gasteiger partial charge in [0.1, 0.15) is 0 Å². The Kier molecular flexibility index (Phi) is 13.3. The van der Waals surface area contributed by atoms with Crippen LogP contribution >= 0.6 is 24.4 Å². The van der Waals surface area contributed by atoms with E-state index < -0.39 is 10.4 Å². The van der Waals surface area contributed by atoms with Gasteiger partial charge in [-0.25, -0.2) is 0 Å². The highest BCUT2D eigenvalue weighted by Gasteiger charge is 1.93. The predicted molar refractivity (Wildman–Crippen MR) is 91.9 cm³/mol. The van der Waals surface area contributed by atoms with Crippen molar-refractivity contribution in [2.24, 2.45) is 0 Å². The summed E-state index contributed by atoms with van der Waals surface area (Å²) in [6, 6.07) is 10.6. The Hall–Kier alpha value is -0.250. The van der Waals surface area contributed by atoms with Crippen molar-refractivity contribution >= 4 is 34.8 Å². The molecule has 0 unspecified atom stereocenters. The van der Waals surface area contributed by atoms with Crippen LogP contribution < -0.4 is 5.32 Å². The zero-order valence-electron chi connectivity index (χ0n) is 11.8. The Labute approximate surface area is 136 Å². The molecular weight excluding hydrogens is 330 g/mol. The second kappa shape index (κ2) is 13.4. The van der Waals surface area contributed by atoms with Crippen LogP contribution in [0.4, 0.5) is 0 Å². The summed E-state index contributed by atoms with van der Waals surface area (Å²) < 4.78 is 31.6. The molecule has 0 atom stereocenters. The molecule has 0 amide bonds. The van der Waals surface area contributed by atoms with Crippen LogP contribution in [0.15, 0.2) is 35.2 Å². The molecule has 0 aliphatic rings. The summed E-state index contributed by atoms with van der Waals surface area (Å²) in [6.07, 6.45) is 3.91. The molecule has 0 spiro atoms. The van der Waals surface area contributed by atoms with Crippen LogP contribution in [0.25, 0.3) is 0 Å². The van der Waals surface area contributed by atoms with Gasteiger partial charge in [0.15, 0.2) is 0 Å². The molecule has 8 heteroatoms. The number of unbranched alkanes of at least 4 members (excludes halogenated alkanes) is 2. The summed E-state index contributed by atoms with van der Waals surface area (Å²) in [4.78, 5) is 1.38. The zero-order valence-corrected chi connectivity index (χ0v) is 14.3. The number of benzene rings is 1. The van der Waals surface area contributed by atoms with Gasteiger partial charge in [0.05, 0.1) is 0 Å². The number of hydrogen-bond donors (Lipinski definition) is 4. The van der Waals surface area contributed by atoms with E-state index in [1.54, 1.807) is 0 Å². The fourth-order valence-electron chi connectivity index (χ4n) is 1.44. The van der Waals surface area contributed by atoms with Crippen LogP contribution in [-0.2, 0) is 10.4 Å². The standard InChI is InChI=1S/C13H21NS2.H2O4S/c15-11-10-14-9-5-2-6-12-16-13-7-3-1-4-8-13;1-5(2,3)4/h1,3-4,7-8,14-15H,2,5-6,9-12H2;(H2,1,2,3,4). The number of thiol groups is 1. The van der Waals surface area contributed by atoms with Crippen LogP contribution in [0.1, 0.15) is 19.3 Å². The van der Waals surface area contributed by atoms with Crippen molar-refractivity contribution < 1.29 is 17.5 Å². The quantitative estimate of drug-likeness (QED) is 0.236. The van der Waals surface area contributed by atoms with Crippen molar-refractivity contribution in [2.75, 3.05) is 24.6 Å². The molecule has 0 fully saturated rings. The summed E-state index contributed by atoms with van der Waals surface area (Å²) in [6.45, 7) is 2.17. The lowest BCUT2D eigenvalue weighted by molar-refractivity contribution is 0.381. The molecule has 122 valence electrons. The molecular formula is C13H23NO4S3. The second-order valence-corrected chi connectivity index (χ2v) is 6.65. The van der Waals surface area contributed by atoms with Gasteiger partial charge in [0, 0.05) is 17.2 Å². The maximum Gasteiger partial charge on any atom is 0.394 e. The van der Waals surface area contributed by atoms with Gasteiger partial charge in [-0.1, -0.05) is 24.6 Å². The first-order valence-electron chi connectivity index (χ1n) is 6.63. The van der Waals surface area contributed by atoms with Gasteiger partial charge in [-0.15, -0.1) is 11.8 Å². The minimum atomic E-state index is -4.67. The molecule has 1 rings (SSSR count). The number of thioether (sulfide) groups is 1. The molecule has 0 aliphatic carbocycles. The molecule has 1 aromatic rings. The molecule has 21 heavy (non-hydrogen) atoms. The van der Waals surface area contributed by atoms with E-state index in [0.29, 0.717) is 0 Å².